The number of imidazole rings is 1. The summed E-state index contributed by atoms with van der Waals surface area (Å²) in [7, 11) is 3.18. The number of furan rings is 1. The predicted molar refractivity (Wildman–Crippen MR) is 154 cm³/mol. The van der Waals surface area contributed by atoms with Crippen LogP contribution in [-0.2, 0) is 13.0 Å². The number of Topliss-reactive ketones (excluding diaryl/α,β-unsaturated/α-hetero) is 1. The lowest BCUT2D eigenvalue weighted by Gasteiger charge is -2.10. The number of fused-ring (bicyclic) bond motifs is 2. The van der Waals surface area contributed by atoms with E-state index in [0.717, 1.165) is 33.2 Å². The molecule has 0 aliphatic heterocycles. The van der Waals surface area contributed by atoms with Gasteiger partial charge in [0, 0.05) is 24.1 Å². The summed E-state index contributed by atoms with van der Waals surface area (Å²) in [4.78, 5) is 18.3. The van der Waals surface area contributed by atoms with E-state index in [4.69, 9.17) is 18.6 Å². The number of nitrogens with zero attached hydrogens (tertiary/aromatic N) is 3. The Hall–Kier alpha value is -4.63. The van der Waals surface area contributed by atoms with E-state index in [1.807, 2.05) is 68.4 Å². The van der Waals surface area contributed by atoms with Crippen LogP contribution in [0.4, 0.5) is 0 Å². The van der Waals surface area contributed by atoms with Gasteiger partial charge in [0.2, 0.25) is 4.96 Å². The van der Waals surface area contributed by atoms with Crippen molar-refractivity contribution >= 4 is 33.1 Å². The van der Waals surface area contributed by atoms with Gasteiger partial charge < -0.3 is 18.6 Å². The highest BCUT2D eigenvalue weighted by Gasteiger charge is 2.17. The molecule has 0 radical (unpaired) electrons. The van der Waals surface area contributed by atoms with Gasteiger partial charge in [-0.1, -0.05) is 41.5 Å². The molecule has 0 spiro atoms. The van der Waals surface area contributed by atoms with Crippen molar-refractivity contribution < 1.29 is 23.4 Å². The van der Waals surface area contributed by atoms with Crippen LogP contribution in [0.3, 0.4) is 0 Å². The fourth-order valence-electron chi connectivity index (χ4n) is 4.74. The van der Waals surface area contributed by atoms with Crippen molar-refractivity contribution in [2.75, 3.05) is 14.2 Å². The molecule has 0 saturated carbocycles. The minimum Gasteiger partial charge on any atom is -0.496 e. The molecule has 0 aliphatic rings. The van der Waals surface area contributed by atoms with Gasteiger partial charge in [0.15, 0.2) is 11.5 Å². The predicted octanol–water partition coefficient (Wildman–Crippen LogP) is 6.84. The van der Waals surface area contributed by atoms with Crippen LogP contribution in [-0.4, -0.2) is 34.6 Å². The highest BCUT2D eigenvalue weighted by molar-refractivity contribution is 7.18. The van der Waals surface area contributed by atoms with E-state index in [1.54, 1.807) is 24.9 Å². The summed E-state index contributed by atoms with van der Waals surface area (Å²) in [6.07, 6.45) is 2.13. The molecular formula is C31H27N3O5S. The monoisotopic (exact) mass is 553 g/mol. The molecule has 202 valence electrons. The summed E-state index contributed by atoms with van der Waals surface area (Å²) in [6, 6.07) is 19.4. The van der Waals surface area contributed by atoms with Crippen molar-refractivity contribution in [1.29, 1.82) is 0 Å². The molecule has 6 rings (SSSR count). The van der Waals surface area contributed by atoms with Crippen LogP contribution in [0.25, 0.3) is 27.4 Å². The molecule has 0 unspecified atom stereocenters. The molecular weight excluding hydrogens is 526 g/mol. The quantitative estimate of drug-likeness (QED) is 0.181. The van der Waals surface area contributed by atoms with Crippen LogP contribution in [0.15, 0.2) is 71.3 Å². The molecule has 0 atom stereocenters. The standard InChI is InChI=1S/C31H27N3O5S/c1-18-8-19(2)10-22(9-18)26(35)12-20-6-5-7-21(11-20)17-38-27-13-23(36-3)14-28-24(27)15-29(39-28)25-16-34-30(32-25)40-31(33-34)37-4/h5-11,13-16H,12,17H2,1-4H3. The van der Waals surface area contributed by atoms with E-state index >= 15 is 0 Å². The van der Waals surface area contributed by atoms with Crippen molar-refractivity contribution in [3.63, 3.8) is 0 Å². The summed E-state index contributed by atoms with van der Waals surface area (Å²) in [6.45, 7) is 4.33. The Morgan fingerprint density at radius 3 is 2.52 bits per heavy atom. The van der Waals surface area contributed by atoms with Gasteiger partial charge in [0.25, 0.3) is 5.19 Å². The highest BCUT2D eigenvalue weighted by atomic mass is 32.1. The fraction of sp³-hybridized carbons (Fsp3) is 0.194. The van der Waals surface area contributed by atoms with Crippen LogP contribution in [0, 0.1) is 13.8 Å². The van der Waals surface area contributed by atoms with Crippen LogP contribution in [0.2, 0.25) is 0 Å². The van der Waals surface area contributed by atoms with Crippen LogP contribution in [0.5, 0.6) is 16.7 Å². The molecule has 40 heavy (non-hydrogen) atoms. The molecule has 3 aromatic carbocycles. The Morgan fingerprint density at radius 2 is 1.77 bits per heavy atom. The molecule has 0 fully saturated rings. The number of ether oxygens (including phenoxy) is 3. The zero-order chi connectivity index (χ0) is 27.8. The summed E-state index contributed by atoms with van der Waals surface area (Å²) < 4.78 is 24.8. The maximum atomic E-state index is 12.9. The van der Waals surface area contributed by atoms with Crippen molar-refractivity contribution in [3.8, 4) is 28.1 Å². The summed E-state index contributed by atoms with van der Waals surface area (Å²) in [5.41, 5.74) is 6.09. The third kappa shape index (κ3) is 5.15. The van der Waals surface area contributed by atoms with Crippen molar-refractivity contribution in [2.45, 2.75) is 26.9 Å². The molecule has 3 heterocycles. The zero-order valence-electron chi connectivity index (χ0n) is 22.6. The number of benzene rings is 3. The Bertz CT molecular complexity index is 1810. The van der Waals surface area contributed by atoms with E-state index in [0.29, 0.717) is 51.7 Å². The molecule has 0 amide bonds. The van der Waals surface area contributed by atoms with E-state index < -0.39 is 0 Å². The normalized spacial score (nSPS) is 11.3. The van der Waals surface area contributed by atoms with E-state index in [2.05, 4.69) is 16.1 Å². The Balaban J connectivity index is 1.23. The van der Waals surface area contributed by atoms with Gasteiger partial charge >= 0.3 is 0 Å². The Kier molecular flexibility index (Phi) is 6.73. The van der Waals surface area contributed by atoms with Gasteiger partial charge in [0.05, 0.1) is 25.8 Å². The highest BCUT2D eigenvalue weighted by Crippen LogP contribution is 2.37. The largest absolute Gasteiger partial charge is 0.496 e. The summed E-state index contributed by atoms with van der Waals surface area (Å²) in [5.74, 6) is 1.94. The van der Waals surface area contributed by atoms with Crippen LogP contribution < -0.4 is 14.2 Å². The average Bonchev–Trinajstić information content (AvgIpc) is 3.64. The maximum Gasteiger partial charge on any atom is 0.294 e. The topological polar surface area (TPSA) is 88.1 Å². The second kappa shape index (κ2) is 10.5. The Morgan fingerprint density at radius 1 is 0.975 bits per heavy atom. The van der Waals surface area contributed by atoms with Gasteiger partial charge in [-0.25, -0.2) is 9.50 Å². The average molecular weight is 554 g/mol. The molecule has 9 heteroatoms. The van der Waals surface area contributed by atoms with Crippen LogP contribution >= 0.6 is 11.3 Å². The molecule has 0 bridgehead atoms. The third-order valence-electron chi connectivity index (χ3n) is 6.55. The molecule has 0 saturated heterocycles. The molecule has 0 N–H and O–H groups in total. The number of aromatic nitrogens is 3. The molecule has 6 aromatic rings. The first-order valence-corrected chi connectivity index (χ1v) is 13.5. The second-order valence-electron chi connectivity index (χ2n) is 9.66. The van der Waals surface area contributed by atoms with E-state index in [9.17, 15) is 4.79 Å². The summed E-state index contributed by atoms with van der Waals surface area (Å²) >= 11 is 1.35. The van der Waals surface area contributed by atoms with Crippen molar-refractivity contribution in [3.05, 3.63) is 94.7 Å². The number of ketones is 1. The minimum absolute atomic E-state index is 0.0955. The summed E-state index contributed by atoms with van der Waals surface area (Å²) in [5, 5.41) is 5.68. The number of hydrogen-bond acceptors (Lipinski definition) is 8. The van der Waals surface area contributed by atoms with Crippen molar-refractivity contribution in [1.82, 2.24) is 14.6 Å². The third-order valence-corrected chi connectivity index (χ3v) is 7.44. The molecule has 8 nitrogen and oxygen atoms in total. The van der Waals surface area contributed by atoms with Gasteiger partial charge in [-0.3, -0.25) is 4.79 Å². The van der Waals surface area contributed by atoms with Gasteiger partial charge in [-0.15, -0.1) is 5.10 Å². The van der Waals surface area contributed by atoms with Gasteiger partial charge in [-0.2, -0.15) is 0 Å². The second-order valence-corrected chi connectivity index (χ2v) is 10.6. The van der Waals surface area contributed by atoms with Crippen LogP contribution in [0.1, 0.15) is 32.6 Å². The van der Waals surface area contributed by atoms with E-state index in [1.165, 1.54) is 11.3 Å². The number of aryl methyl sites for hydroxylation is 2. The smallest absolute Gasteiger partial charge is 0.294 e. The number of rotatable bonds is 9. The fourth-order valence-corrected chi connectivity index (χ4v) is 5.44. The van der Waals surface area contributed by atoms with Gasteiger partial charge in [-0.05, 0) is 54.5 Å². The SMILES string of the molecule is COc1cc(OCc2cccc(CC(=O)c3cc(C)cc(C)c3)c2)c2cc(-c3cn4nc(OC)sc4n3)oc2c1. The number of carbonyl (C=O) groups excluding carboxylic acids is 1. The molecule has 3 aromatic heterocycles. The number of carbonyl (C=O) groups is 1. The van der Waals surface area contributed by atoms with E-state index in [-0.39, 0.29) is 5.78 Å². The first-order valence-electron chi connectivity index (χ1n) is 12.7. The lowest BCUT2D eigenvalue weighted by Crippen LogP contribution is -2.05. The minimum atomic E-state index is 0.0955. The zero-order valence-corrected chi connectivity index (χ0v) is 23.4. The lowest BCUT2D eigenvalue weighted by molar-refractivity contribution is 0.0992. The number of hydrogen-bond donors (Lipinski definition) is 0. The lowest BCUT2D eigenvalue weighted by atomic mass is 9.99. The molecule has 0 aliphatic carbocycles. The van der Waals surface area contributed by atoms with Gasteiger partial charge in [0.1, 0.15) is 29.4 Å². The number of methoxy groups -OCH3 is 2. The Labute approximate surface area is 234 Å². The van der Waals surface area contributed by atoms with Crippen molar-refractivity contribution in [2.24, 2.45) is 0 Å². The maximum absolute atomic E-state index is 12.9. The first-order chi connectivity index (χ1) is 19.4. The first kappa shape index (κ1) is 25.6.